The van der Waals surface area contributed by atoms with E-state index in [0.717, 1.165) is 56.1 Å². The predicted octanol–water partition coefficient (Wildman–Crippen LogP) is 11.2. The molecule has 1 atom stereocenters. The Hall–Kier alpha value is -6.91. The second kappa shape index (κ2) is 11.6. The van der Waals surface area contributed by atoms with Gasteiger partial charge in [-0.15, -0.1) is 0 Å². The molecule has 244 valence electrons. The predicted molar refractivity (Wildman–Crippen MR) is 212 cm³/mol. The summed E-state index contributed by atoms with van der Waals surface area (Å²) in [6.07, 6.45) is 5.50. The van der Waals surface area contributed by atoms with E-state index in [1.54, 1.807) is 6.08 Å². The summed E-state index contributed by atoms with van der Waals surface area (Å²) in [6, 6.07) is 53.8. The van der Waals surface area contributed by atoms with Crippen LogP contribution in [0.5, 0.6) is 0 Å². The van der Waals surface area contributed by atoms with E-state index >= 15 is 0 Å². The first-order chi connectivity index (χ1) is 25.7. The highest BCUT2D eigenvalue weighted by molar-refractivity contribution is 5.93. The van der Waals surface area contributed by atoms with Crippen LogP contribution in [0.15, 0.2) is 183 Å². The van der Waals surface area contributed by atoms with Crippen LogP contribution in [0.1, 0.15) is 28.2 Å². The minimum absolute atomic E-state index is 0.560. The Morgan fingerprint density at radius 1 is 0.558 bits per heavy atom. The van der Waals surface area contributed by atoms with E-state index < -0.39 is 5.41 Å². The third-order valence-corrected chi connectivity index (χ3v) is 10.6. The molecule has 0 saturated heterocycles. The summed E-state index contributed by atoms with van der Waals surface area (Å²) in [4.78, 5) is 15.5. The molecule has 1 aliphatic carbocycles. The molecule has 0 bridgehead atoms. The monoisotopic (exact) mass is 664 g/mol. The first-order valence-corrected chi connectivity index (χ1v) is 17.5. The van der Waals surface area contributed by atoms with Crippen LogP contribution in [0, 0.1) is 0 Å². The smallest absolute Gasteiger partial charge is 0.160 e. The fourth-order valence-electron chi connectivity index (χ4n) is 8.32. The van der Waals surface area contributed by atoms with Crippen molar-refractivity contribution in [3.8, 4) is 50.6 Å². The quantitative estimate of drug-likeness (QED) is 0.166. The van der Waals surface area contributed by atoms with Gasteiger partial charge in [0, 0.05) is 11.1 Å². The molecule has 4 nitrogen and oxygen atoms in total. The van der Waals surface area contributed by atoms with E-state index in [4.69, 9.17) is 15.0 Å². The van der Waals surface area contributed by atoms with Crippen LogP contribution in [0.3, 0.4) is 0 Å². The van der Waals surface area contributed by atoms with Gasteiger partial charge in [-0.05, 0) is 80.9 Å². The molecule has 2 aromatic heterocycles. The van der Waals surface area contributed by atoms with Gasteiger partial charge in [-0.1, -0.05) is 147 Å². The van der Waals surface area contributed by atoms with Crippen LogP contribution in [-0.4, -0.2) is 19.5 Å². The van der Waals surface area contributed by atoms with E-state index in [1.807, 2.05) is 36.4 Å². The van der Waals surface area contributed by atoms with Gasteiger partial charge in [0.15, 0.2) is 5.82 Å². The average Bonchev–Trinajstić information content (AvgIpc) is 3.83. The molecule has 3 heterocycles. The number of allylic oxidation sites excluding steroid dienone is 4. The topological polar surface area (TPSA) is 43.6 Å². The highest BCUT2D eigenvalue weighted by Crippen LogP contribution is 2.60. The Bertz CT molecular complexity index is 2790. The molecule has 2 aliphatic rings. The molecule has 0 fully saturated rings. The lowest BCUT2D eigenvalue weighted by molar-refractivity contribution is 0.738. The van der Waals surface area contributed by atoms with E-state index in [9.17, 15) is 0 Å². The van der Waals surface area contributed by atoms with Crippen LogP contribution in [0.4, 0.5) is 0 Å². The summed E-state index contributed by atoms with van der Waals surface area (Å²) in [5.41, 5.74) is 15.7. The lowest BCUT2D eigenvalue weighted by Gasteiger charge is -2.27. The number of nitrogens with zero attached hydrogens (tertiary/aromatic N) is 4. The molecule has 0 radical (unpaired) electrons. The van der Waals surface area contributed by atoms with Gasteiger partial charge in [-0.2, -0.15) is 0 Å². The van der Waals surface area contributed by atoms with Gasteiger partial charge in [0.05, 0.1) is 28.1 Å². The molecule has 0 amide bonds. The maximum absolute atomic E-state index is 5.40. The van der Waals surface area contributed by atoms with E-state index in [2.05, 4.69) is 145 Å². The van der Waals surface area contributed by atoms with Crippen LogP contribution in [0.25, 0.3) is 67.2 Å². The van der Waals surface area contributed by atoms with Crippen molar-refractivity contribution in [2.75, 3.05) is 0 Å². The van der Waals surface area contributed by atoms with Gasteiger partial charge in [-0.3, -0.25) is 4.57 Å². The maximum atomic E-state index is 5.40. The minimum atomic E-state index is -0.560. The molecule has 0 saturated carbocycles. The van der Waals surface area contributed by atoms with E-state index in [0.29, 0.717) is 5.82 Å². The SMILES string of the molecule is C=C/C=C(\C=C)c1cc(-c2ccccc2)nc(-c2cccc(-c3ccc4c(c3)C3(c5ccccc5-4)c4ccccc4-n4c3nc3ccccc34)c2)n1. The maximum Gasteiger partial charge on any atom is 0.160 e. The molecule has 10 rings (SSSR count). The number of rotatable bonds is 6. The Morgan fingerprint density at radius 3 is 2.13 bits per heavy atom. The van der Waals surface area contributed by atoms with Crippen molar-refractivity contribution in [1.29, 1.82) is 0 Å². The fraction of sp³-hybridized carbons (Fsp3) is 0.0208. The molecule has 8 aromatic rings. The number of imidazole rings is 1. The van der Waals surface area contributed by atoms with Gasteiger partial charge in [0.1, 0.15) is 11.2 Å². The Balaban J connectivity index is 1.17. The van der Waals surface area contributed by atoms with Crippen LogP contribution in [-0.2, 0) is 5.41 Å². The third kappa shape index (κ3) is 4.25. The van der Waals surface area contributed by atoms with E-state index in [1.165, 1.54) is 33.5 Å². The van der Waals surface area contributed by atoms with Crippen molar-refractivity contribution in [2.24, 2.45) is 0 Å². The van der Waals surface area contributed by atoms with Gasteiger partial charge < -0.3 is 0 Å². The summed E-state index contributed by atoms with van der Waals surface area (Å²) in [7, 11) is 0. The first kappa shape index (κ1) is 30.0. The van der Waals surface area contributed by atoms with Crippen molar-refractivity contribution < 1.29 is 0 Å². The molecule has 0 N–H and O–H groups in total. The number of aromatic nitrogens is 4. The number of fused-ring (bicyclic) bond motifs is 12. The first-order valence-electron chi connectivity index (χ1n) is 17.5. The lowest BCUT2D eigenvalue weighted by atomic mass is 9.72. The van der Waals surface area contributed by atoms with Crippen LogP contribution in [0.2, 0.25) is 0 Å². The van der Waals surface area contributed by atoms with Crippen molar-refractivity contribution >= 4 is 16.6 Å². The molecule has 6 aromatic carbocycles. The molecule has 1 spiro atoms. The lowest BCUT2D eigenvalue weighted by Crippen LogP contribution is -2.27. The highest BCUT2D eigenvalue weighted by atomic mass is 15.1. The van der Waals surface area contributed by atoms with Gasteiger partial charge >= 0.3 is 0 Å². The zero-order valence-electron chi connectivity index (χ0n) is 28.4. The highest BCUT2D eigenvalue weighted by Gasteiger charge is 2.54. The van der Waals surface area contributed by atoms with Crippen LogP contribution < -0.4 is 0 Å². The number of hydrogen-bond donors (Lipinski definition) is 0. The number of hydrogen-bond acceptors (Lipinski definition) is 3. The zero-order chi connectivity index (χ0) is 34.8. The fourth-order valence-corrected chi connectivity index (χ4v) is 8.32. The molecule has 1 aliphatic heterocycles. The average molecular weight is 665 g/mol. The second-order valence-corrected chi connectivity index (χ2v) is 13.3. The van der Waals surface area contributed by atoms with Crippen LogP contribution >= 0.6 is 0 Å². The van der Waals surface area contributed by atoms with Crippen molar-refractivity contribution in [2.45, 2.75) is 5.41 Å². The Labute approximate surface area is 302 Å². The summed E-state index contributed by atoms with van der Waals surface area (Å²) in [5, 5.41) is 0. The summed E-state index contributed by atoms with van der Waals surface area (Å²) in [6.45, 7) is 7.95. The molecule has 52 heavy (non-hydrogen) atoms. The molecule has 4 heteroatoms. The number of benzene rings is 6. The van der Waals surface area contributed by atoms with Crippen molar-refractivity contribution in [3.05, 3.63) is 211 Å². The van der Waals surface area contributed by atoms with Crippen molar-refractivity contribution in [3.63, 3.8) is 0 Å². The van der Waals surface area contributed by atoms with Gasteiger partial charge in [0.2, 0.25) is 0 Å². The van der Waals surface area contributed by atoms with E-state index in [-0.39, 0.29) is 0 Å². The Kier molecular flexibility index (Phi) is 6.67. The summed E-state index contributed by atoms with van der Waals surface area (Å²) in [5.74, 6) is 1.69. The normalized spacial score (nSPS) is 15.3. The molecule has 1 unspecified atom stereocenters. The molecular formula is C48H32N4. The largest absolute Gasteiger partial charge is 0.295 e. The number of para-hydroxylation sites is 3. The Morgan fingerprint density at radius 2 is 1.27 bits per heavy atom. The third-order valence-electron chi connectivity index (χ3n) is 10.6. The minimum Gasteiger partial charge on any atom is -0.295 e. The summed E-state index contributed by atoms with van der Waals surface area (Å²) < 4.78 is 2.37. The van der Waals surface area contributed by atoms with Gasteiger partial charge in [-0.25, -0.2) is 15.0 Å². The zero-order valence-corrected chi connectivity index (χ0v) is 28.4. The standard InChI is InChI=1S/C48H32N4/c1-3-15-31(4-2)42-30-43(32-16-6-5-7-17-32)50-46(49-42)35-19-14-18-33(28-35)34-26-27-37-36-20-8-9-21-38(36)48(40(37)29-34)39-22-10-12-24-44(39)52-45-25-13-11-23-41(45)51-47(48)52/h3-30H,1-2H2/b31-15+. The summed E-state index contributed by atoms with van der Waals surface area (Å²) >= 11 is 0. The van der Waals surface area contributed by atoms with Crippen molar-refractivity contribution in [1.82, 2.24) is 19.5 Å². The second-order valence-electron chi connectivity index (χ2n) is 13.3. The molecular weight excluding hydrogens is 633 g/mol. The van der Waals surface area contributed by atoms with Gasteiger partial charge in [0.25, 0.3) is 0 Å².